The van der Waals surface area contributed by atoms with Gasteiger partial charge in [0, 0.05) is 23.7 Å². The molecule has 0 spiro atoms. The van der Waals surface area contributed by atoms with Crippen LogP contribution in [-0.4, -0.2) is 25.5 Å². The Hall–Kier alpha value is -3.29. The molecule has 0 bridgehead atoms. The molecule has 0 heterocycles. The smallest absolute Gasteiger partial charge is 0.416 e. The van der Waals surface area contributed by atoms with E-state index in [1.807, 2.05) is 0 Å². The van der Waals surface area contributed by atoms with Crippen molar-refractivity contribution >= 4 is 17.4 Å². The first kappa shape index (κ1) is 22.4. The number of methoxy groups -OCH3 is 1. The Labute approximate surface area is 177 Å². The van der Waals surface area contributed by atoms with E-state index in [4.69, 9.17) is 9.47 Å². The first-order chi connectivity index (χ1) is 14.7. The van der Waals surface area contributed by atoms with E-state index >= 15 is 0 Å². The number of alkyl halides is 3. The van der Waals surface area contributed by atoms with Crippen molar-refractivity contribution in [2.75, 3.05) is 19.0 Å². The molecule has 1 aliphatic rings. The minimum atomic E-state index is -4.43. The van der Waals surface area contributed by atoms with Gasteiger partial charge in [-0.05, 0) is 48.9 Å². The Bertz CT molecular complexity index is 983. The maximum absolute atomic E-state index is 12.9. The average Bonchev–Trinajstić information content (AvgIpc) is 2.73. The lowest BCUT2D eigenvalue weighted by atomic mass is 9.77. The van der Waals surface area contributed by atoms with Crippen molar-refractivity contribution in [1.29, 1.82) is 0 Å². The number of nitrogens with one attached hydrogen (secondary N) is 1. The quantitative estimate of drug-likeness (QED) is 0.516. The first-order valence-electron chi connectivity index (χ1n) is 9.71. The number of carbonyl (C=O) groups excluding carboxylic acids is 2. The lowest BCUT2D eigenvalue weighted by Crippen LogP contribution is -2.35. The number of rotatable bonds is 6. The van der Waals surface area contributed by atoms with Gasteiger partial charge in [-0.3, -0.25) is 9.59 Å². The summed E-state index contributed by atoms with van der Waals surface area (Å²) in [7, 11) is 1.52. The molecule has 8 heteroatoms. The summed E-state index contributed by atoms with van der Waals surface area (Å²) in [5.74, 6) is -1.98. The van der Waals surface area contributed by atoms with Gasteiger partial charge in [0.2, 0.25) is 0 Å². The highest BCUT2D eigenvalue weighted by Crippen LogP contribution is 2.37. The number of ether oxygens (including phenoxy) is 2. The maximum Gasteiger partial charge on any atom is 0.416 e. The zero-order valence-corrected chi connectivity index (χ0v) is 17.0. The Morgan fingerprint density at radius 2 is 1.87 bits per heavy atom. The number of hydrogen-bond acceptors (Lipinski definition) is 5. The van der Waals surface area contributed by atoms with Gasteiger partial charge in [-0.25, -0.2) is 0 Å². The van der Waals surface area contributed by atoms with E-state index in [0.717, 1.165) is 12.1 Å². The van der Waals surface area contributed by atoms with Crippen molar-refractivity contribution in [3.05, 3.63) is 71.4 Å². The number of esters is 1. The summed E-state index contributed by atoms with van der Waals surface area (Å²) < 4.78 is 48.7. The van der Waals surface area contributed by atoms with Crippen LogP contribution in [0.5, 0.6) is 5.75 Å². The van der Waals surface area contributed by atoms with Crippen molar-refractivity contribution < 1.29 is 32.2 Å². The third kappa shape index (κ3) is 5.25. The van der Waals surface area contributed by atoms with Crippen LogP contribution in [-0.2, 0) is 20.5 Å². The van der Waals surface area contributed by atoms with Crippen LogP contribution in [0.2, 0.25) is 0 Å². The highest BCUT2D eigenvalue weighted by Gasteiger charge is 2.39. The molecule has 3 rings (SSSR count). The van der Waals surface area contributed by atoms with E-state index < -0.39 is 29.5 Å². The number of ketones is 1. The number of carbonyl (C=O) groups is 2. The van der Waals surface area contributed by atoms with Crippen LogP contribution in [0.3, 0.4) is 0 Å². The van der Waals surface area contributed by atoms with Crippen molar-refractivity contribution in [1.82, 2.24) is 0 Å². The molecule has 2 aromatic carbocycles. The predicted molar refractivity (Wildman–Crippen MR) is 109 cm³/mol. The molecule has 2 aromatic rings. The summed E-state index contributed by atoms with van der Waals surface area (Å²) in [6.07, 6.45) is -2.75. The van der Waals surface area contributed by atoms with Gasteiger partial charge >= 0.3 is 12.1 Å². The maximum atomic E-state index is 12.9. The van der Waals surface area contributed by atoms with Gasteiger partial charge < -0.3 is 14.8 Å². The molecule has 0 aromatic heterocycles. The molecular formula is C23H22F3NO4. The fourth-order valence-electron chi connectivity index (χ4n) is 3.53. The van der Waals surface area contributed by atoms with Crippen LogP contribution in [0.1, 0.15) is 30.4 Å². The molecule has 5 nitrogen and oxygen atoms in total. The molecule has 1 N–H and O–H groups in total. The number of hydrogen-bond donors (Lipinski definition) is 1. The second kappa shape index (κ2) is 9.24. The average molecular weight is 433 g/mol. The molecule has 0 fully saturated rings. The molecule has 1 aliphatic carbocycles. The Morgan fingerprint density at radius 1 is 1.16 bits per heavy atom. The molecular weight excluding hydrogens is 411 g/mol. The van der Waals surface area contributed by atoms with E-state index in [2.05, 4.69) is 5.32 Å². The minimum absolute atomic E-state index is 0.0645. The summed E-state index contributed by atoms with van der Waals surface area (Å²) in [6, 6.07) is 11.6. The number of benzene rings is 2. The van der Waals surface area contributed by atoms with Crippen molar-refractivity contribution in [3.8, 4) is 5.75 Å². The topological polar surface area (TPSA) is 64.6 Å². The van der Waals surface area contributed by atoms with Crippen molar-refractivity contribution in [3.63, 3.8) is 0 Å². The Balaban J connectivity index is 1.93. The van der Waals surface area contributed by atoms with Gasteiger partial charge in [0.1, 0.15) is 11.7 Å². The largest absolute Gasteiger partial charge is 0.497 e. The van der Waals surface area contributed by atoms with Gasteiger partial charge in [-0.2, -0.15) is 13.2 Å². The third-order valence-electron chi connectivity index (χ3n) is 4.99. The van der Waals surface area contributed by atoms with E-state index in [1.54, 1.807) is 37.3 Å². The van der Waals surface area contributed by atoms with Crippen LogP contribution in [0.15, 0.2) is 60.3 Å². The highest BCUT2D eigenvalue weighted by molar-refractivity contribution is 6.02. The van der Waals surface area contributed by atoms with E-state index in [-0.39, 0.29) is 18.8 Å². The fraction of sp³-hybridized carbons (Fsp3) is 0.304. The van der Waals surface area contributed by atoms with Gasteiger partial charge in [-0.15, -0.1) is 0 Å². The van der Waals surface area contributed by atoms with Gasteiger partial charge in [0.15, 0.2) is 5.78 Å². The summed E-state index contributed by atoms with van der Waals surface area (Å²) in [5.41, 5.74) is 0.838. The molecule has 2 unspecified atom stereocenters. The number of anilines is 1. The molecule has 31 heavy (non-hydrogen) atoms. The third-order valence-corrected chi connectivity index (χ3v) is 4.99. The van der Waals surface area contributed by atoms with Crippen LogP contribution in [0.4, 0.5) is 18.9 Å². The summed E-state index contributed by atoms with van der Waals surface area (Å²) >= 11 is 0. The van der Waals surface area contributed by atoms with Crippen LogP contribution in [0.25, 0.3) is 0 Å². The molecule has 2 atom stereocenters. The number of halogens is 3. The Morgan fingerprint density at radius 3 is 2.48 bits per heavy atom. The zero-order valence-electron chi connectivity index (χ0n) is 17.0. The van der Waals surface area contributed by atoms with Crippen LogP contribution < -0.4 is 10.1 Å². The van der Waals surface area contributed by atoms with Gasteiger partial charge in [0.05, 0.1) is 19.3 Å². The highest BCUT2D eigenvalue weighted by atomic mass is 19.4. The minimum Gasteiger partial charge on any atom is -0.497 e. The molecule has 0 saturated heterocycles. The lowest BCUT2D eigenvalue weighted by Gasteiger charge is -2.29. The SMILES string of the molecule is CCOC(=O)C1C(=O)CC(Nc2ccc(C(F)(F)F)cc2)=CC1c1cccc(OC)c1. The summed E-state index contributed by atoms with van der Waals surface area (Å²) in [6.45, 7) is 1.81. The molecule has 0 aliphatic heterocycles. The normalized spacial score (nSPS) is 18.9. The fourth-order valence-corrected chi connectivity index (χ4v) is 3.53. The second-order valence-electron chi connectivity index (χ2n) is 7.07. The van der Waals surface area contributed by atoms with Crippen molar-refractivity contribution in [2.45, 2.75) is 25.4 Å². The van der Waals surface area contributed by atoms with E-state index in [0.29, 0.717) is 22.7 Å². The summed E-state index contributed by atoms with van der Waals surface area (Å²) in [4.78, 5) is 25.4. The Kier molecular flexibility index (Phi) is 6.68. The zero-order chi connectivity index (χ0) is 22.6. The monoisotopic (exact) mass is 433 g/mol. The predicted octanol–water partition coefficient (Wildman–Crippen LogP) is 4.95. The van der Waals surface area contributed by atoms with Crippen molar-refractivity contribution in [2.24, 2.45) is 5.92 Å². The molecule has 0 amide bonds. The van der Waals surface area contributed by atoms with Crippen LogP contribution in [0, 0.1) is 5.92 Å². The van der Waals surface area contributed by atoms with E-state index in [1.165, 1.54) is 19.2 Å². The molecule has 0 saturated carbocycles. The van der Waals surface area contributed by atoms with Gasteiger partial charge in [-0.1, -0.05) is 18.2 Å². The first-order valence-corrected chi connectivity index (χ1v) is 9.71. The summed E-state index contributed by atoms with van der Waals surface area (Å²) in [5, 5.41) is 3.00. The number of allylic oxidation sites excluding steroid dienone is 2. The number of Topliss-reactive ketones (excluding diaryl/α,β-unsaturated/α-hetero) is 1. The van der Waals surface area contributed by atoms with Crippen LogP contribution >= 0.6 is 0 Å². The standard InChI is InChI=1S/C23H22F3NO4/c1-3-31-22(29)21-19(14-5-4-6-18(11-14)30-2)12-17(13-20(21)28)27-16-9-7-15(8-10-16)23(24,25)26/h4-12,19,21,27H,3,13H2,1-2H3. The lowest BCUT2D eigenvalue weighted by molar-refractivity contribution is -0.152. The second-order valence-corrected chi connectivity index (χ2v) is 7.07. The van der Waals surface area contributed by atoms with Gasteiger partial charge in [0.25, 0.3) is 0 Å². The van der Waals surface area contributed by atoms with E-state index in [9.17, 15) is 22.8 Å². The molecule has 164 valence electrons. The molecule has 0 radical (unpaired) electrons.